The van der Waals surface area contributed by atoms with Crippen LogP contribution in [0.25, 0.3) is 0 Å². The number of halogens is 1. The van der Waals surface area contributed by atoms with E-state index in [4.69, 9.17) is 0 Å². The highest BCUT2D eigenvalue weighted by atomic mass is 19.1. The van der Waals surface area contributed by atoms with Crippen molar-refractivity contribution < 1.29 is 14.0 Å². The average Bonchev–Trinajstić information content (AvgIpc) is 3.56. The Balaban J connectivity index is 1.30. The Kier molecular flexibility index (Phi) is 6.61. The molecule has 6 nitrogen and oxygen atoms in total. The Morgan fingerprint density at radius 2 is 1.88 bits per heavy atom. The maximum Gasteiger partial charge on any atom is 0.240 e. The van der Waals surface area contributed by atoms with Crippen LogP contribution in [0, 0.1) is 29.0 Å². The number of carbonyl (C=O) groups is 2. The monoisotopic (exact) mass is 466 g/mol. The largest absolute Gasteiger partial charge is 0.330 e. The lowest BCUT2D eigenvalue weighted by atomic mass is 9.80. The van der Waals surface area contributed by atoms with E-state index >= 15 is 0 Å². The van der Waals surface area contributed by atoms with Crippen LogP contribution < -0.4 is 0 Å². The normalized spacial score (nSPS) is 29.4. The minimum atomic E-state index is -0.311. The summed E-state index contributed by atoms with van der Waals surface area (Å²) in [5, 5.41) is 9.34. The van der Waals surface area contributed by atoms with Crippen LogP contribution in [0.1, 0.15) is 69.9 Å². The molecular formula is C27H35FN4O2. The second-order valence-electron chi connectivity index (χ2n) is 10.7. The molecule has 2 bridgehead atoms. The van der Waals surface area contributed by atoms with Gasteiger partial charge in [0.15, 0.2) is 0 Å². The molecule has 1 saturated carbocycles. The summed E-state index contributed by atoms with van der Waals surface area (Å²) in [4.78, 5) is 32.7. The molecule has 1 aliphatic carbocycles. The second kappa shape index (κ2) is 9.65. The molecule has 2 amide bonds. The lowest BCUT2D eigenvalue weighted by Crippen LogP contribution is -2.54. The first-order chi connectivity index (χ1) is 16.5. The molecule has 34 heavy (non-hydrogen) atoms. The van der Waals surface area contributed by atoms with Crippen LogP contribution in [-0.4, -0.2) is 64.3 Å². The van der Waals surface area contributed by atoms with Gasteiger partial charge < -0.3 is 9.80 Å². The van der Waals surface area contributed by atoms with E-state index in [-0.39, 0.29) is 47.7 Å². The molecule has 7 heteroatoms. The number of amides is 2. The standard InChI is InChI=1S/C27H35FN4O2/c1-18(26(33)31-13-5-8-22(31)15-29)16-30-17-23-14-24(30)27(34)32(23)25(19-6-3-2-4-7-19)20-9-11-21(28)12-10-20/h9-12,18-19,22-25H,2-8,13-14,16-17H2,1H3/t18-,22-,23-,24-,25-/m0/s1. The fourth-order valence-corrected chi connectivity index (χ4v) is 6.90. The van der Waals surface area contributed by atoms with Gasteiger partial charge in [0.2, 0.25) is 11.8 Å². The van der Waals surface area contributed by atoms with E-state index in [1.54, 1.807) is 4.90 Å². The number of carbonyl (C=O) groups excluding carboxylic acids is 2. The minimum absolute atomic E-state index is 0.00518. The fourth-order valence-electron chi connectivity index (χ4n) is 6.90. The second-order valence-corrected chi connectivity index (χ2v) is 10.7. The number of benzene rings is 1. The van der Waals surface area contributed by atoms with Crippen molar-refractivity contribution in [2.75, 3.05) is 19.6 Å². The average molecular weight is 467 g/mol. The number of hydrogen-bond donors (Lipinski definition) is 0. The fraction of sp³-hybridized carbons (Fsp3) is 0.667. The van der Waals surface area contributed by atoms with Gasteiger partial charge in [0.05, 0.1) is 18.2 Å². The van der Waals surface area contributed by atoms with Crippen molar-refractivity contribution in [2.24, 2.45) is 11.8 Å². The molecule has 4 aliphatic rings. The number of nitriles is 1. The Bertz CT molecular complexity index is 954. The van der Waals surface area contributed by atoms with Gasteiger partial charge in [-0.05, 0) is 55.7 Å². The summed E-state index contributed by atoms with van der Waals surface area (Å²) in [5.74, 6) is 0.117. The van der Waals surface area contributed by atoms with Crippen LogP contribution >= 0.6 is 0 Å². The molecule has 3 saturated heterocycles. The van der Waals surface area contributed by atoms with Gasteiger partial charge in [0.1, 0.15) is 11.9 Å². The van der Waals surface area contributed by atoms with Crippen LogP contribution in [0.5, 0.6) is 0 Å². The first-order valence-electron chi connectivity index (χ1n) is 13.0. The smallest absolute Gasteiger partial charge is 0.240 e. The van der Waals surface area contributed by atoms with E-state index in [0.717, 1.165) is 44.2 Å². The summed E-state index contributed by atoms with van der Waals surface area (Å²) in [6.07, 6.45) is 8.26. The van der Waals surface area contributed by atoms with Gasteiger partial charge in [-0.1, -0.05) is 38.3 Å². The van der Waals surface area contributed by atoms with E-state index in [1.807, 2.05) is 19.1 Å². The van der Waals surface area contributed by atoms with Gasteiger partial charge >= 0.3 is 0 Å². The SMILES string of the molecule is C[C@@H](CN1C[C@@H]2C[C@H]1C(=O)N2[C@H](c1ccc(F)cc1)C1CCCCC1)C(=O)N1CCC[C@H]1C#N. The zero-order valence-corrected chi connectivity index (χ0v) is 20.0. The molecule has 4 fully saturated rings. The third-order valence-corrected chi connectivity index (χ3v) is 8.54. The van der Waals surface area contributed by atoms with Crippen LogP contribution in [0.4, 0.5) is 4.39 Å². The van der Waals surface area contributed by atoms with Crippen molar-refractivity contribution in [2.45, 2.75) is 82.5 Å². The van der Waals surface area contributed by atoms with Crippen LogP contribution in [-0.2, 0) is 9.59 Å². The summed E-state index contributed by atoms with van der Waals surface area (Å²) in [7, 11) is 0. The van der Waals surface area contributed by atoms with Crippen molar-refractivity contribution in [3.63, 3.8) is 0 Å². The first kappa shape index (κ1) is 23.3. The Hall–Kier alpha value is -2.46. The van der Waals surface area contributed by atoms with Gasteiger partial charge in [0, 0.05) is 31.6 Å². The van der Waals surface area contributed by atoms with Gasteiger partial charge in [-0.2, -0.15) is 5.26 Å². The number of likely N-dealkylation sites (tertiary alicyclic amines) is 3. The number of fused-ring (bicyclic) bond motifs is 2. The van der Waals surface area contributed by atoms with Crippen LogP contribution in [0.2, 0.25) is 0 Å². The molecule has 182 valence electrons. The van der Waals surface area contributed by atoms with Gasteiger partial charge in [-0.15, -0.1) is 0 Å². The molecule has 5 rings (SSSR count). The van der Waals surface area contributed by atoms with Crippen LogP contribution in [0.15, 0.2) is 24.3 Å². The lowest BCUT2D eigenvalue weighted by Gasteiger charge is -2.43. The van der Waals surface area contributed by atoms with E-state index in [1.165, 1.54) is 31.4 Å². The molecule has 0 radical (unpaired) electrons. The predicted molar refractivity (Wildman–Crippen MR) is 126 cm³/mol. The maximum absolute atomic E-state index is 13.7. The molecular weight excluding hydrogens is 431 g/mol. The summed E-state index contributed by atoms with van der Waals surface area (Å²) in [6.45, 7) is 3.91. The highest BCUT2D eigenvalue weighted by molar-refractivity contribution is 5.86. The number of hydrogen-bond acceptors (Lipinski definition) is 4. The Morgan fingerprint density at radius 3 is 2.56 bits per heavy atom. The molecule has 3 aliphatic heterocycles. The van der Waals surface area contributed by atoms with Crippen molar-refractivity contribution in [3.8, 4) is 6.07 Å². The summed E-state index contributed by atoms with van der Waals surface area (Å²) in [6, 6.07) is 8.63. The van der Waals surface area contributed by atoms with Gasteiger partial charge in [-0.3, -0.25) is 14.5 Å². The topological polar surface area (TPSA) is 67.7 Å². The molecule has 0 aromatic heterocycles. The number of nitrogens with zero attached hydrogens (tertiary/aromatic N) is 4. The van der Waals surface area contributed by atoms with Gasteiger partial charge in [-0.25, -0.2) is 4.39 Å². The molecule has 0 unspecified atom stereocenters. The predicted octanol–water partition coefficient (Wildman–Crippen LogP) is 3.88. The molecule has 3 heterocycles. The molecule has 1 aromatic carbocycles. The van der Waals surface area contributed by atoms with Crippen molar-refractivity contribution in [1.29, 1.82) is 5.26 Å². The van der Waals surface area contributed by atoms with Crippen LogP contribution in [0.3, 0.4) is 0 Å². The lowest BCUT2D eigenvalue weighted by molar-refractivity contribution is -0.143. The van der Waals surface area contributed by atoms with E-state index in [0.29, 0.717) is 19.0 Å². The Morgan fingerprint density at radius 1 is 1.15 bits per heavy atom. The third-order valence-electron chi connectivity index (χ3n) is 8.54. The summed E-state index contributed by atoms with van der Waals surface area (Å²) >= 11 is 0. The highest BCUT2D eigenvalue weighted by Crippen LogP contribution is 2.45. The highest BCUT2D eigenvalue weighted by Gasteiger charge is 2.53. The minimum Gasteiger partial charge on any atom is -0.330 e. The van der Waals surface area contributed by atoms with Crippen molar-refractivity contribution >= 4 is 11.8 Å². The van der Waals surface area contributed by atoms with Gasteiger partial charge in [0.25, 0.3) is 0 Å². The summed E-state index contributed by atoms with van der Waals surface area (Å²) < 4.78 is 13.7. The number of piperazine rings is 1. The molecule has 0 spiro atoms. The van der Waals surface area contributed by atoms with Crippen molar-refractivity contribution in [1.82, 2.24) is 14.7 Å². The molecule has 1 aromatic rings. The zero-order valence-electron chi connectivity index (χ0n) is 20.0. The van der Waals surface area contributed by atoms with E-state index < -0.39 is 0 Å². The van der Waals surface area contributed by atoms with E-state index in [9.17, 15) is 19.2 Å². The molecule has 5 atom stereocenters. The first-order valence-corrected chi connectivity index (χ1v) is 13.0. The maximum atomic E-state index is 13.7. The zero-order chi connectivity index (χ0) is 23.8. The number of rotatable bonds is 6. The van der Waals surface area contributed by atoms with E-state index in [2.05, 4.69) is 15.9 Å². The third kappa shape index (κ3) is 4.22. The Labute approximate surface area is 201 Å². The van der Waals surface area contributed by atoms with Crippen molar-refractivity contribution in [3.05, 3.63) is 35.6 Å². The quantitative estimate of drug-likeness (QED) is 0.638. The molecule has 0 N–H and O–H groups in total. The summed E-state index contributed by atoms with van der Waals surface area (Å²) in [5.41, 5.74) is 1.04.